The predicted octanol–water partition coefficient (Wildman–Crippen LogP) is 5.55. The van der Waals surface area contributed by atoms with E-state index in [4.69, 9.17) is 9.47 Å². The van der Waals surface area contributed by atoms with Crippen LogP contribution in [-0.4, -0.2) is 38.4 Å². The number of hydrogen-bond donors (Lipinski definition) is 0. The molecule has 0 amide bonds. The van der Waals surface area contributed by atoms with E-state index in [1.54, 1.807) is 0 Å². The highest BCUT2D eigenvalue weighted by Gasteiger charge is 2.28. The summed E-state index contributed by atoms with van der Waals surface area (Å²) < 4.78 is 152. The van der Waals surface area contributed by atoms with Gasteiger partial charge in [0.15, 0.2) is 11.5 Å². The van der Waals surface area contributed by atoms with Crippen LogP contribution in [0.15, 0.2) is 24.3 Å². The molecule has 0 saturated heterocycles. The predicted molar refractivity (Wildman–Crippen MR) is 110 cm³/mol. The summed E-state index contributed by atoms with van der Waals surface area (Å²) in [6.07, 6.45) is 0. The van der Waals surface area contributed by atoms with Gasteiger partial charge in [-0.05, 0) is 12.1 Å². The molecular weight excluding hydrogens is 574 g/mol. The van der Waals surface area contributed by atoms with Gasteiger partial charge in [0.05, 0.1) is 11.1 Å². The van der Waals surface area contributed by atoms with E-state index >= 15 is 0 Å². The van der Waals surface area contributed by atoms with Crippen molar-refractivity contribution in [3.63, 3.8) is 0 Å². The first kappa shape index (κ1) is 30.0. The van der Waals surface area contributed by atoms with Crippen molar-refractivity contribution >= 4 is 11.9 Å². The van der Waals surface area contributed by atoms with Gasteiger partial charge in [-0.25, -0.2) is 35.9 Å². The van der Waals surface area contributed by atoms with Crippen molar-refractivity contribution in [2.24, 2.45) is 0 Å². The maximum Gasteiger partial charge on any atom is 0.339 e. The third-order valence-electron chi connectivity index (χ3n) is 4.83. The Labute approximate surface area is 216 Å². The lowest BCUT2D eigenvalue weighted by Gasteiger charge is -2.12. The molecule has 0 bridgehead atoms. The molecule has 0 N–H and O–H groups in total. The van der Waals surface area contributed by atoms with E-state index in [-0.39, 0.29) is 0 Å². The van der Waals surface area contributed by atoms with E-state index in [9.17, 15) is 53.5 Å². The Bertz CT molecular complexity index is 1300. The molecule has 3 aromatic carbocycles. The molecule has 0 heterocycles. The normalized spacial score (nSPS) is 10.8. The maximum absolute atomic E-state index is 13.6. The third kappa shape index (κ3) is 6.05. The fraction of sp³-hybridized carbons (Fsp3) is 0.167. The first-order valence-corrected chi connectivity index (χ1v) is 10.6. The highest BCUT2D eigenvalue weighted by molar-refractivity contribution is 6.03. The smallest absolute Gasteiger partial charge is 0.339 e. The van der Waals surface area contributed by atoms with Crippen LogP contribution in [0.3, 0.4) is 0 Å². The van der Waals surface area contributed by atoms with Gasteiger partial charge in [-0.15, -0.1) is 0 Å². The Kier molecular flexibility index (Phi) is 9.44. The lowest BCUT2D eigenvalue weighted by atomic mass is 10.1. The second-order valence-electron chi connectivity index (χ2n) is 7.31. The van der Waals surface area contributed by atoms with Gasteiger partial charge in [-0.1, -0.05) is 12.1 Å². The molecule has 6 nitrogen and oxygen atoms in total. The molecule has 0 aliphatic carbocycles. The number of ether oxygens (including phenoxy) is 4. The molecule has 16 heteroatoms. The Morgan fingerprint density at radius 3 is 1.02 bits per heavy atom. The molecule has 40 heavy (non-hydrogen) atoms. The lowest BCUT2D eigenvalue weighted by Crippen LogP contribution is -2.19. The average molecular weight is 586 g/mol. The molecule has 3 aromatic rings. The minimum atomic E-state index is -2.40. The van der Waals surface area contributed by atoms with Crippen molar-refractivity contribution < 1.29 is 72.4 Å². The van der Waals surface area contributed by atoms with Crippen LogP contribution in [0, 0.1) is 58.2 Å². The zero-order valence-corrected chi connectivity index (χ0v) is 19.4. The van der Waals surface area contributed by atoms with E-state index in [2.05, 4.69) is 9.47 Å². The second-order valence-corrected chi connectivity index (χ2v) is 7.31. The number of carbonyl (C=O) groups excluding carboxylic acids is 2. The standard InChI is InChI=1S/C24H12F10O6/c25-11-13(27)17(31)21(18(32)14(11)28)37-5-7-39-23(35)9-3-1-2-4-10(9)24(36)40-8-6-38-22-19(33)15(29)12(26)16(30)20(22)34/h1-4H,5-8H2. The van der Waals surface area contributed by atoms with Gasteiger partial charge in [0.1, 0.15) is 26.4 Å². The maximum atomic E-state index is 13.6. The fourth-order valence-electron chi connectivity index (χ4n) is 2.97. The van der Waals surface area contributed by atoms with E-state index in [0.717, 1.165) is 12.1 Å². The monoisotopic (exact) mass is 586 g/mol. The van der Waals surface area contributed by atoms with Crippen LogP contribution in [0.4, 0.5) is 43.9 Å². The number of carbonyl (C=O) groups is 2. The van der Waals surface area contributed by atoms with Crippen molar-refractivity contribution in [1.82, 2.24) is 0 Å². The summed E-state index contributed by atoms with van der Waals surface area (Å²) in [6, 6.07) is 4.72. The number of halogens is 10. The van der Waals surface area contributed by atoms with E-state index < -0.39 is 119 Å². The first-order chi connectivity index (χ1) is 18.9. The van der Waals surface area contributed by atoms with Crippen LogP contribution in [0.2, 0.25) is 0 Å². The summed E-state index contributed by atoms with van der Waals surface area (Å²) in [4.78, 5) is 24.7. The van der Waals surface area contributed by atoms with Gasteiger partial charge in [0.2, 0.25) is 58.2 Å². The molecule has 0 radical (unpaired) electrons. The largest absolute Gasteiger partial charge is 0.484 e. The van der Waals surface area contributed by atoms with Crippen molar-refractivity contribution in [2.45, 2.75) is 0 Å². The van der Waals surface area contributed by atoms with Gasteiger partial charge >= 0.3 is 11.9 Å². The average Bonchev–Trinajstić information content (AvgIpc) is 2.95. The van der Waals surface area contributed by atoms with E-state index in [0.29, 0.717) is 0 Å². The van der Waals surface area contributed by atoms with Crippen LogP contribution < -0.4 is 9.47 Å². The van der Waals surface area contributed by atoms with Gasteiger partial charge in [0.25, 0.3) is 0 Å². The topological polar surface area (TPSA) is 71.1 Å². The second kappa shape index (κ2) is 12.6. The molecule has 0 aromatic heterocycles. The van der Waals surface area contributed by atoms with Crippen molar-refractivity contribution in [2.75, 3.05) is 26.4 Å². The van der Waals surface area contributed by atoms with Crippen LogP contribution in [-0.2, 0) is 9.47 Å². The Hall–Kier alpha value is -4.50. The fourth-order valence-corrected chi connectivity index (χ4v) is 2.97. The minimum Gasteiger partial charge on any atom is -0.484 e. The minimum absolute atomic E-state index is 0.426. The number of benzene rings is 3. The molecule has 0 aliphatic heterocycles. The zero-order chi connectivity index (χ0) is 29.7. The van der Waals surface area contributed by atoms with Gasteiger partial charge in [0, 0.05) is 0 Å². The molecule has 214 valence electrons. The molecule has 0 aliphatic rings. The van der Waals surface area contributed by atoms with Gasteiger partial charge in [-0.2, -0.15) is 17.6 Å². The highest BCUT2D eigenvalue weighted by atomic mass is 19.2. The van der Waals surface area contributed by atoms with Crippen LogP contribution in [0.1, 0.15) is 20.7 Å². The molecule has 0 saturated carbocycles. The molecule has 0 spiro atoms. The van der Waals surface area contributed by atoms with Crippen molar-refractivity contribution in [3.05, 3.63) is 93.6 Å². The van der Waals surface area contributed by atoms with Gasteiger partial charge in [-0.3, -0.25) is 0 Å². The SMILES string of the molecule is O=C(OCCOc1c(F)c(F)c(F)c(F)c1F)c1ccccc1C(=O)OCCOc1c(F)c(F)c(F)c(F)c1F. The summed E-state index contributed by atoms with van der Waals surface area (Å²) in [5.41, 5.74) is -0.853. The summed E-state index contributed by atoms with van der Waals surface area (Å²) >= 11 is 0. The summed E-state index contributed by atoms with van der Waals surface area (Å²) in [7, 11) is 0. The van der Waals surface area contributed by atoms with Crippen LogP contribution in [0.5, 0.6) is 11.5 Å². The van der Waals surface area contributed by atoms with Gasteiger partial charge < -0.3 is 18.9 Å². The Morgan fingerprint density at radius 2 is 0.725 bits per heavy atom. The summed E-state index contributed by atoms with van der Waals surface area (Å²) in [6.45, 7) is -3.30. The van der Waals surface area contributed by atoms with Crippen LogP contribution >= 0.6 is 0 Å². The number of esters is 2. The molecule has 0 atom stereocenters. The number of rotatable bonds is 10. The zero-order valence-electron chi connectivity index (χ0n) is 19.4. The Morgan fingerprint density at radius 1 is 0.450 bits per heavy atom. The Balaban J connectivity index is 1.57. The van der Waals surface area contributed by atoms with Crippen LogP contribution in [0.25, 0.3) is 0 Å². The first-order valence-electron chi connectivity index (χ1n) is 10.6. The molecule has 0 fully saturated rings. The molecular formula is C24H12F10O6. The lowest BCUT2D eigenvalue weighted by molar-refractivity contribution is 0.0399. The highest BCUT2D eigenvalue weighted by Crippen LogP contribution is 2.30. The van der Waals surface area contributed by atoms with Crippen molar-refractivity contribution in [1.29, 1.82) is 0 Å². The molecule has 3 rings (SSSR count). The third-order valence-corrected chi connectivity index (χ3v) is 4.83. The molecule has 0 unspecified atom stereocenters. The van der Waals surface area contributed by atoms with Crippen molar-refractivity contribution in [3.8, 4) is 11.5 Å². The summed E-state index contributed by atoms with van der Waals surface area (Å²) in [5, 5.41) is 0. The van der Waals surface area contributed by atoms with E-state index in [1.807, 2.05) is 0 Å². The van der Waals surface area contributed by atoms with E-state index in [1.165, 1.54) is 12.1 Å². The number of hydrogen-bond acceptors (Lipinski definition) is 6. The quantitative estimate of drug-likeness (QED) is 0.102. The summed E-state index contributed by atoms with van der Waals surface area (Å²) in [5.74, 6) is -28.5.